The Morgan fingerprint density at radius 1 is 1.57 bits per heavy atom. The smallest absolute Gasteiger partial charge is 0.412 e. The lowest BCUT2D eigenvalue weighted by atomic mass is 10.6. The summed E-state index contributed by atoms with van der Waals surface area (Å²) in [6.07, 6.45) is -0.640. The summed E-state index contributed by atoms with van der Waals surface area (Å²) in [6, 6.07) is 3.54. The fourth-order valence-corrected chi connectivity index (χ4v) is 1.40. The van der Waals surface area contributed by atoms with Crippen LogP contribution in [0.5, 0.6) is 0 Å². The molecule has 14 heavy (non-hydrogen) atoms. The van der Waals surface area contributed by atoms with E-state index in [0.717, 1.165) is 0 Å². The molecular weight excluding hydrogens is 269 g/mol. The molecule has 1 rings (SSSR count). The molecule has 0 saturated heterocycles. The van der Waals surface area contributed by atoms with Gasteiger partial charge in [0.1, 0.15) is 6.61 Å². The number of hydrogen-bond donors (Lipinski definition) is 1. The Labute approximate surface area is 99.9 Å². The molecule has 7 heteroatoms. The van der Waals surface area contributed by atoms with Crippen molar-refractivity contribution < 1.29 is 9.53 Å². The number of carbonyl (C=O) groups excluding carboxylic acids is 1. The predicted molar refractivity (Wildman–Crippen MR) is 59.6 cm³/mol. The van der Waals surface area contributed by atoms with Gasteiger partial charge in [0.25, 0.3) is 0 Å². The van der Waals surface area contributed by atoms with Crippen LogP contribution in [0.3, 0.4) is 0 Å². The molecule has 0 aliphatic heterocycles. The van der Waals surface area contributed by atoms with Gasteiger partial charge in [-0.25, -0.2) is 4.79 Å². The highest BCUT2D eigenvalue weighted by Crippen LogP contribution is 2.26. The number of amides is 1. The molecule has 0 radical (unpaired) electrons. The summed E-state index contributed by atoms with van der Waals surface area (Å²) in [5, 5.41) is 4.98. The average molecular weight is 275 g/mol. The van der Waals surface area contributed by atoms with E-state index in [0.29, 0.717) is 5.00 Å². The predicted octanol–water partition coefficient (Wildman–Crippen LogP) is 3.67. The Balaban J connectivity index is 2.30. The van der Waals surface area contributed by atoms with Gasteiger partial charge in [-0.2, -0.15) is 0 Å². The molecule has 1 heterocycles. The number of thiophene rings is 1. The molecule has 0 saturated carbocycles. The third-order valence-electron chi connectivity index (χ3n) is 1.11. The normalized spacial score (nSPS) is 11.1. The fraction of sp³-hybridized carbons (Fsp3) is 0.286. The van der Waals surface area contributed by atoms with Gasteiger partial charge < -0.3 is 4.74 Å². The maximum atomic E-state index is 11.1. The van der Waals surface area contributed by atoms with Crippen LogP contribution in [0.2, 0.25) is 0 Å². The maximum Gasteiger partial charge on any atom is 0.412 e. The van der Waals surface area contributed by atoms with Crippen LogP contribution >= 0.6 is 46.1 Å². The molecule has 3 nitrogen and oxygen atoms in total. The second-order valence-corrected chi connectivity index (χ2v) is 5.76. The van der Waals surface area contributed by atoms with Crippen molar-refractivity contribution in [2.45, 2.75) is 3.79 Å². The van der Waals surface area contributed by atoms with Crippen molar-refractivity contribution in [3.05, 3.63) is 17.5 Å². The van der Waals surface area contributed by atoms with Crippen molar-refractivity contribution in [2.75, 3.05) is 11.9 Å². The zero-order chi connectivity index (χ0) is 10.6. The molecular formula is C7H6Cl3NO2S. The summed E-state index contributed by atoms with van der Waals surface area (Å²) < 4.78 is 3.06. The van der Waals surface area contributed by atoms with E-state index in [1.54, 1.807) is 12.1 Å². The van der Waals surface area contributed by atoms with Gasteiger partial charge in [-0.15, -0.1) is 11.3 Å². The first-order valence-electron chi connectivity index (χ1n) is 3.51. The molecule has 1 aromatic rings. The summed E-state index contributed by atoms with van der Waals surface area (Å²) >= 11 is 17.5. The SMILES string of the molecule is O=C(Nc1cccs1)OCC(Cl)(Cl)Cl. The van der Waals surface area contributed by atoms with Gasteiger partial charge in [0.2, 0.25) is 3.79 Å². The summed E-state index contributed by atoms with van der Waals surface area (Å²) in [7, 11) is 0. The lowest BCUT2D eigenvalue weighted by Gasteiger charge is -2.11. The number of halogens is 3. The van der Waals surface area contributed by atoms with Gasteiger partial charge in [0.15, 0.2) is 0 Å². The van der Waals surface area contributed by atoms with Crippen molar-refractivity contribution in [2.24, 2.45) is 0 Å². The molecule has 1 N–H and O–H groups in total. The number of nitrogens with one attached hydrogen (secondary N) is 1. The quantitative estimate of drug-likeness (QED) is 0.836. The molecule has 0 bridgehead atoms. The molecule has 0 unspecified atom stereocenters. The van der Waals surface area contributed by atoms with Crippen LogP contribution in [0.25, 0.3) is 0 Å². The Kier molecular flexibility index (Phi) is 4.31. The van der Waals surface area contributed by atoms with Crippen LogP contribution in [0, 0.1) is 0 Å². The van der Waals surface area contributed by atoms with Crippen molar-refractivity contribution in [1.82, 2.24) is 0 Å². The fourth-order valence-electron chi connectivity index (χ4n) is 0.634. The van der Waals surface area contributed by atoms with Crippen LogP contribution in [-0.4, -0.2) is 16.5 Å². The molecule has 1 aromatic heterocycles. The monoisotopic (exact) mass is 273 g/mol. The zero-order valence-corrected chi connectivity index (χ0v) is 9.88. The molecule has 78 valence electrons. The number of anilines is 1. The van der Waals surface area contributed by atoms with E-state index in [-0.39, 0.29) is 6.61 Å². The largest absolute Gasteiger partial charge is 0.445 e. The number of hydrogen-bond acceptors (Lipinski definition) is 3. The average Bonchev–Trinajstić information content (AvgIpc) is 2.52. The number of rotatable bonds is 2. The third kappa shape index (κ3) is 4.91. The molecule has 0 aliphatic carbocycles. The Bertz CT molecular complexity index is 296. The van der Waals surface area contributed by atoms with Gasteiger partial charge in [-0.3, -0.25) is 5.32 Å². The van der Waals surface area contributed by atoms with Crippen molar-refractivity contribution >= 4 is 57.2 Å². The van der Waals surface area contributed by atoms with Gasteiger partial charge in [-0.05, 0) is 17.5 Å². The Hall–Kier alpha value is -0.160. The van der Waals surface area contributed by atoms with E-state index >= 15 is 0 Å². The van der Waals surface area contributed by atoms with Gasteiger partial charge >= 0.3 is 6.09 Å². The minimum Gasteiger partial charge on any atom is -0.445 e. The van der Waals surface area contributed by atoms with Crippen LogP contribution in [0.1, 0.15) is 0 Å². The van der Waals surface area contributed by atoms with Crippen LogP contribution in [-0.2, 0) is 4.74 Å². The van der Waals surface area contributed by atoms with Gasteiger partial charge in [0.05, 0.1) is 5.00 Å². The van der Waals surface area contributed by atoms with E-state index in [2.05, 4.69) is 10.1 Å². The second-order valence-electron chi connectivity index (χ2n) is 2.29. The highest BCUT2D eigenvalue weighted by atomic mass is 35.6. The van der Waals surface area contributed by atoms with E-state index in [9.17, 15) is 4.79 Å². The first-order chi connectivity index (χ1) is 6.47. The summed E-state index contributed by atoms with van der Waals surface area (Å²) in [4.78, 5) is 11.1. The summed E-state index contributed by atoms with van der Waals surface area (Å²) in [5.74, 6) is 0. The number of alkyl halides is 3. The lowest BCUT2D eigenvalue weighted by Crippen LogP contribution is -2.20. The third-order valence-corrected chi connectivity index (χ3v) is 2.23. The van der Waals surface area contributed by atoms with Gasteiger partial charge in [-0.1, -0.05) is 34.8 Å². The Morgan fingerprint density at radius 2 is 2.29 bits per heavy atom. The molecule has 0 aromatic carbocycles. The highest BCUT2D eigenvalue weighted by Gasteiger charge is 2.22. The maximum absolute atomic E-state index is 11.1. The molecule has 0 atom stereocenters. The van der Waals surface area contributed by atoms with Crippen LogP contribution in [0.4, 0.5) is 9.80 Å². The highest BCUT2D eigenvalue weighted by molar-refractivity contribution is 7.14. The number of ether oxygens (including phenoxy) is 1. The lowest BCUT2D eigenvalue weighted by molar-refractivity contribution is 0.164. The van der Waals surface area contributed by atoms with E-state index < -0.39 is 9.89 Å². The van der Waals surface area contributed by atoms with Crippen molar-refractivity contribution in [3.8, 4) is 0 Å². The van der Waals surface area contributed by atoms with E-state index in [1.165, 1.54) is 11.3 Å². The first-order valence-corrected chi connectivity index (χ1v) is 5.53. The molecule has 0 aliphatic rings. The van der Waals surface area contributed by atoms with Crippen LogP contribution in [0.15, 0.2) is 17.5 Å². The summed E-state index contributed by atoms with van der Waals surface area (Å²) in [5.41, 5.74) is 0. The topological polar surface area (TPSA) is 38.3 Å². The zero-order valence-electron chi connectivity index (χ0n) is 6.80. The van der Waals surface area contributed by atoms with Crippen molar-refractivity contribution in [3.63, 3.8) is 0 Å². The minimum absolute atomic E-state index is 0.283. The van der Waals surface area contributed by atoms with E-state index in [4.69, 9.17) is 34.8 Å². The Morgan fingerprint density at radius 3 is 2.79 bits per heavy atom. The number of carbonyl (C=O) groups is 1. The first kappa shape index (κ1) is 11.9. The van der Waals surface area contributed by atoms with E-state index in [1.807, 2.05) is 5.38 Å². The van der Waals surface area contributed by atoms with Crippen LogP contribution < -0.4 is 5.32 Å². The molecule has 0 spiro atoms. The summed E-state index contributed by atoms with van der Waals surface area (Å²) in [6.45, 7) is -0.283. The minimum atomic E-state index is -1.58. The van der Waals surface area contributed by atoms with Crippen molar-refractivity contribution in [1.29, 1.82) is 0 Å². The van der Waals surface area contributed by atoms with Gasteiger partial charge in [0, 0.05) is 0 Å². The molecule has 0 fully saturated rings. The standard InChI is InChI=1S/C7H6Cl3NO2S/c8-7(9,10)4-13-6(12)11-5-2-1-3-14-5/h1-3H,4H2,(H,11,12). The second kappa shape index (κ2) is 5.07. The molecule has 1 amide bonds.